The molecule has 0 radical (unpaired) electrons. The predicted molar refractivity (Wildman–Crippen MR) is 93.0 cm³/mol. The van der Waals surface area contributed by atoms with Gasteiger partial charge in [0.15, 0.2) is 0 Å². The highest BCUT2D eigenvalue weighted by molar-refractivity contribution is 5.88. The molecular formula is C19H27N3O2. The lowest BCUT2D eigenvalue weighted by Crippen LogP contribution is -2.60. The van der Waals surface area contributed by atoms with Gasteiger partial charge in [0.25, 0.3) is 0 Å². The highest BCUT2D eigenvalue weighted by Gasteiger charge is 2.44. The van der Waals surface area contributed by atoms with Gasteiger partial charge in [-0.3, -0.25) is 9.59 Å². The Kier molecular flexibility index (Phi) is 4.90. The molecule has 1 aromatic rings. The number of amides is 2. The van der Waals surface area contributed by atoms with Gasteiger partial charge in [-0.1, -0.05) is 37.3 Å². The van der Waals surface area contributed by atoms with Crippen LogP contribution in [-0.2, 0) is 16.1 Å². The third-order valence-corrected chi connectivity index (χ3v) is 5.41. The van der Waals surface area contributed by atoms with Crippen molar-refractivity contribution >= 4 is 11.8 Å². The lowest BCUT2D eigenvalue weighted by molar-refractivity contribution is -0.140. The summed E-state index contributed by atoms with van der Waals surface area (Å²) in [6.07, 6.45) is 3.76. The van der Waals surface area contributed by atoms with Crippen molar-refractivity contribution in [3.63, 3.8) is 0 Å². The molecule has 0 bridgehead atoms. The standard InChI is InChI=1S/C19H27N3O2/c1-2-16-14-21(18(24)19(20)10-6-11-19)12-9-17(23)22(16)13-15-7-4-3-5-8-15/h3-5,7-8,16H,2,6,9-14,20H2,1H3/t16-/m1/s1. The minimum atomic E-state index is -0.685. The molecule has 24 heavy (non-hydrogen) atoms. The second-order valence-electron chi connectivity index (χ2n) is 7.08. The summed E-state index contributed by atoms with van der Waals surface area (Å²) in [4.78, 5) is 29.2. The van der Waals surface area contributed by atoms with Gasteiger partial charge >= 0.3 is 0 Å². The van der Waals surface area contributed by atoms with E-state index in [4.69, 9.17) is 5.73 Å². The molecule has 0 unspecified atom stereocenters. The largest absolute Gasteiger partial charge is 0.339 e. The molecule has 2 amide bonds. The summed E-state index contributed by atoms with van der Waals surface area (Å²) in [5, 5.41) is 0. The number of benzene rings is 1. The molecule has 0 spiro atoms. The Morgan fingerprint density at radius 1 is 1.29 bits per heavy atom. The molecule has 1 aliphatic carbocycles. The number of carbonyl (C=O) groups excluding carboxylic acids is 2. The Morgan fingerprint density at radius 3 is 2.58 bits per heavy atom. The van der Waals surface area contributed by atoms with Gasteiger partial charge in [-0.05, 0) is 31.2 Å². The van der Waals surface area contributed by atoms with Crippen molar-refractivity contribution in [3.8, 4) is 0 Å². The van der Waals surface area contributed by atoms with Gasteiger partial charge in [0.1, 0.15) is 0 Å². The number of hydrogen-bond donors (Lipinski definition) is 1. The van der Waals surface area contributed by atoms with E-state index in [1.165, 1.54) is 0 Å². The molecule has 2 N–H and O–H groups in total. The number of carbonyl (C=O) groups is 2. The molecule has 1 saturated carbocycles. The molecule has 1 atom stereocenters. The number of nitrogens with two attached hydrogens (primary N) is 1. The average molecular weight is 329 g/mol. The van der Waals surface area contributed by atoms with E-state index in [9.17, 15) is 9.59 Å². The van der Waals surface area contributed by atoms with Gasteiger partial charge in [-0.15, -0.1) is 0 Å². The minimum Gasteiger partial charge on any atom is -0.339 e. The molecule has 2 aliphatic rings. The monoisotopic (exact) mass is 329 g/mol. The van der Waals surface area contributed by atoms with Crippen molar-refractivity contribution < 1.29 is 9.59 Å². The van der Waals surface area contributed by atoms with Crippen LogP contribution in [0.25, 0.3) is 0 Å². The van der Waals surface area contributed by atoms with Gasteiger partial charge in [0, 0.05) is 32.1 Å². The first kappa shape index (κ1) is 17.0. The third kappa shape index (κ3) is 3.31. The summed E-state index contributed by atoms with van der Waals surface area (Å²) < 4.78 is 0. The average Bonchev–Trinajstić information content (AvgIpc) is 2.73. The molecule has 1 saturated heterocycles. The molecule has 1 heterocycles. The fraction of sp³-hybridized carbons (Fsp3) is 0.579. The number of hydrogen-bond acceptors (Lipinski definition) is 3. The van der Waals surface area contributed by atoms with Crippen molar-refractivity contribution in [1.82, 2.24) is 9.80 Å². The maximum absolute atomic E-state index is 12.8. The summed E-state index contributed by atoms with van der Waals surface area (Å²) in [6.45, 7) is 3.75. The van der Waals surface area contributed by atoms with Crippen LogP contribution in [0.1, 0.15) is 44.6 Å². The van der Waals surface area contributed by atoms with Gasteiger partial charge in [-0.2, -0.15) is 0 Å². The Balaban J connectivity index is 1.74. The summed E-state index contributed by atoms with van der Waals surface area (Å²) in [5.74, 6) is 0.155. The molecule has 3 rings (SSSR count). The molecule has 1 aromatic carbocycles. The van der Waals surface area contributed by atoms with Crippen molar-refractivity contribution in [2.75, 3.05) is 13.1 Å². The Hall–Kier alpha value is -1.88. The van der Waals surface area contributed by atoms with E-state index in [2.05, 4.69) is 6.92 Å². The number of rotatable bonds is 4. The van der Waals surface area contributed by atoms with Crippen LogP contribution < -0.4 is 5.73 Å². The normalized spacial score (nSPS) is 23.6. The minimum absolute atomic E-state index is 0.0292. The van der Waals surface area contributed by atoms with Crippen LogP contribution in [0, 0.1) is 0 Å². The van der Waals surface area contributed by atoms with Crippen molar-refractivity contribution in [2.45, 2.75) is 57.2 Å². The molecule has 0 aromatic heterocycles. The van der Waals surface area contributed by atoms with Crippen LogP contribution >= 0.6 is 0 Å². The first-order valence-corrected chi connectivity index (χ1v) is 8.95. The van der Waals surface area contributed by atoms with E-state index in [0.717, 1.165) is 31.2 Å². The Morgan fingerprint density at radius 2 is 2.00 bits per heavy atom. The smallest absolute Gasteiger partial charge is 0.242 e. The summed E-state index contributed by atoms with van der Waals surface area (Å²) in [7, 11) is 0. The topological polar surface area (TPSA) is 66.6 Å². The number of nitrogens with zero attached hydrogens (tertiary/aromatic N) is 2. The van der Waals surface area contributed by atoms with Crippen molar-refractivity contribution in [3.05, 3.63) is 35.9 Å². The van der Waals surface area contributed by atoms with Gasteiger partial charge in [0.05, 0.1) is 5.54 Å². The summed E-state index contributed by atoms with van der Waals surface area (Å²) in [5.41, 5.74) is 6.66. The lowest BCUT2D eigenvalue weighted by Gasteiger charge is -2.41. The predicted octanol–water partition coefficient (Wildman–Crippen LogP) is 1.91. The van der Waals surface area contributed by atoms with E-state index in [1.807, 2.05) is 40.1 Å². The van der Waals surface area contributed by atoms with E-state index in [-0.39, 0.29) is 17.9 Å². The Labute approximate surface area is 143 Å². The van der Waals surface area contributed by atoms with Crippen LogP contribution in [0.2, 0.25) is 0 Å². The van der Waals surface area contributed by atoms with E-state index in [1.54, 1.807) is 0 Å². The SMILES string of the molecule is CC[C@@H]1CN(C(=O)C2(N)CCC2)CCC(=O)N1Cc1ccccc1. The maximum Gasteiger partial charge on any atom is 0.242 e. The molecule has 1 aliphatic heterocycles. The van der Waals surface area contributed by atoms with E-state index < -0.39 is 5.54 Å². The zero-order valence-electron chi connectivity index (χ0n) is 14.4. The summed E-state index contributed by atoms with van der Waals surface area (Å²) >= 11 is 0. The fourth-order valence-corrected chi connectivity index (χ4v) is 3.64. The van der Waals surface area contributed by atoms with Crippen LogP contribution in [0.3, 0.4) is 0 Å². The fourth-order valence-electron chi connectivity index (χ4n) is 3.64. The van der Waals surface area contributed by atoms with Crippen LogP contribution in [-0.4, -0.2) is 46.3 Å². The zero-order valence-corrected chi connectivity index (χ0v) is 14.4. The zero-order chi connectivity index (χ0) is 17.2. The maximum atomic E-state index is 12.8. The van der Waals surface area contributed by atoms with E-state index in [0.29, 0.717) is 26.1 Å². The first-order valence-electron chi connectivity index (χ1n) is 8.95. The van der Waals surface area contributed by atoms with Crippen molar-refractivity contribution in [1.29, 1.82) is 0 Å². The van der Waals surface area contributed by atoms with Crippen molar-refractivity contribution in [2.24, 2.45) is 5.73 Å². The second-order valence-corrected chi connectivity index (χ2v) is 7.08. The van der Waals surface area contributed by atoms with E-state index >= 15 is 0 Å². The first-order chi connectivity index (χ1) is 11.5. The quantitative estimate of drug-likeness (QED) is 0.917. The van der Waals surface area contributed by atoms with Crippen LogP contribution in [0.15, 0.2) is 30.3 Å². The van der Waals surface area contributed by atoms with Gasteiger partial charge in [-0.25, -0.2) is 0 Å². The highest BCUT2D eigenvalue weighted by Crippen LogP contribution is 2.32. The van der Waals surface area contributed by atoms with Gasteiger partial charge in [0.2, 0.25) is 11.8 Å². The third-order valence-electron chi connectivity index (χ3n) is 5.41. The van der Waals surface area contributed by atoms with Gasteiger partial charge < -0.3 is 15.5 Å². The van der Waals surface area contributed by atoms with Crippen LogP contribution in [0.4, 0.5) is 0 Å². The van der Waals surface area contributed by atoms with Crippen LogP contribution in [0.5, 0.6) is 0 Å². The molecule has 5 nitrogen and oxygen atoms in total. The lowest BCUT2D eigenvalue weighted by atomic mass is 9.76. The highest BCUT2D eigenvalue weighted by atomic mass is 16.2. The molecular weight excluding hydrogens is 302 g/mol. The second kappa shape index (κ2) is 6.93. The molecule has 2 fully saturated rings. The Bertz CT molecular complexity index is 598. The molecule has 130 valence electrons. The summed E-state index contributed by atoms with van der Waals surface area (Å²) in [6, 6.07) is 10.1. The molecule has 5 heteroatoms.